The zero-order valence-corrected chi connectivity index (χ0v) is 8.19. The molecule has 76 valence electrons. The number of aliphatic hydroxyl groups is 1. The van der Waals surface area contributed by atoms with E-state index in [1.807, 2.05) is 11.8 Å². The molecule has 0 bridgehead atoms. The van der Waals surface area contributed by atoms with Gasteiger partial charge in [-0.15, -0.1) is 0 Å². The van der Waals surface area contributed by atoms with Crippen molar-refractivity contribution < 1.29 is 14.6 Å². The van der Waals surface area contributed by atoms with Gasteiger partial charge in [-0.1, -0.05) is 0 Å². The maximum absolute atomic E-state index is 11.2. The molecule has 1 heterocycles. The van der Waals surface area contributed by atoms with Gasteiger partial charge in [-0.3, -0.25) is 9.69 Å². The van der Waals surface area contributed by atoms with Crippen LogP contribution in [0.25, 0.3) is 0 Å². The maximum atomic E-state index is 11.2. The molecule has 0 aromatic carbocycles. The van der Waals surface area contributed by atoms with Crippen molar-refractivity contribution in [1.82, 2.24) is 4.90 Å². The van der Waals surface area contributed by atoms with E-state index < -0.39 is 0 Å². The molecule has 1 rings (SSSR count). The summed E-state index contributed by atoms with van der Waals surface area (Å²) in [5.41, 5.74) is 0. The van der Waals surface area contributed by atoms with Crippen molar-refractivity contribution in [1.29, 1.82) is 0 Å². The Balaban J connectivity index is 2.41. The van der Waals surface area contributed by atoms with Crippen LogP contribution in [0.4, 0.5) is 0 Å². The fourth-order valence-electron chi connectivity index (χ4n) is 1.68. The van der Waals surface area contributed by atoms with E-state index in [0.29, 0.717) is 5.92 Å². The molecule has 1 fully saturated rings. The normalized spacial score (nSPS) is 25.9. The number of ether oxygens (including phenoxy) is 1. The molecule has 2 unspecified atom stereocenters. The molecule has 4 nitrogen and oxygen atoms in total. The Hall–Kier alpha value is -0.610. The van der Waals surface area contributed by atoms with Gasteiger partial charge in [-0.05, 0) is 25.8 Å². The number of methoxy groups -OCH3 is 1. The first-order valence-electron chi connectivity index (χ1n) is 4.61. The van der Waals surface area contributed by atoms with Crippen LogP contribution in [0.15, 0.2) is 0 Å². The molecule has 1 N–H and O–H groups in total. The molecule has 13 heavy (non-hydrogen) atoms. The molecule has 0 amide bonds. The van der Waals surface area contributed by atoms with Gasteiger partial charge in [0.25, 0.3) is 0 Å². The molecule has 0 aliphatic carbocycles. The minimum Gasteiger partial charge on any atom is -0.468 e. The van der Waals surface area contributed by atoms with Crippen molar-refractivity contribution in [2.75, 3.05) is 26.8 Å². The first-order chi connectivity index (χ1) is 6.19. The van der Waals surface area contributed by atoms with Crippen LogP contribution in [0.2, 0.25) is 0 Å². The Bertz CT molecular complexity index is 184. The zero-order valence-electron chi connectivity index (χ0n) is 8.19. The van der Waals surface area contributed by atoms with Crippen LogP contribution in [0.3, 0.4) is 0 Å². The summed E-state index contributed by atoms with van der Waals surface area (Å²) < 4.78 is 4.65. The zero-order chi connectivity index (χ0) is 9.84. The summed E-state index contributed by atoms with van der Waals surface area (Å²) in [7, 11) is 1.40. The predicted molar refractivity (Wildman–Crippen MR) is 48.2 cm³/mol. The van der Waals surface area contributed by atoms with Crippen LogP contribution < -0.4 is 0 Å². The number of aliphatic hydroxyl groups excluding tert-OH is 1. The first-order valence-corrected chi connectivity index (χ1v) is 4.61. The number of carbonyl (C=O) groups excluding carboxylic acids is 1. The van der Waals surface area contributed by atoms with E-state index in [4.69, 9.17) is 5.11 Å². The summed E-state index contributed by atoms with van der Waals surface area (Å²) in [6.07, 6.45) is 0.970. The van der Waals surface area contributed by atoms with Gasteiger partial charge < -0.3 is 9.84 Å². The lowest BCUT2D eigenvalue weighted by Crippen LogP contribution is -2.38. The van der Waals surface area contributed by atoms with Crippen LogP contribution >= 0.6 is 0 Å². The largest absolute Gasteiger partial charge is 0.468 e. The lowest BCUT2D eigenvalue weighted by atomic mass is 10.1. The molecule has 1 aliphatic heterocycles. The van der Waals surface area contributed by atoms with E-state index in [2.05, 4.69) is 4.74 Å². The van der Waals surface area contributed by atoms with E-state index in [0.717, 1.165) is 19.5 Å². The molecule has 1 saturated heterocycles. The minimum absolute atomic E-state index is 0.179. The third-order valence-electron chi connectivity index (χ3n) is 2.67. The summed E-state index contributed by atoms with van der Waals surface area (Å²) in [5, 5.41) is 8.92. The number of hydrogen-bond acceptors (Lipinski definition) is 4. The predicted octanol–water partition coefficient (Wildman–Crippen LogP) is -0.138. The number of likely N-dealkylation sites (tertiary alicyclic amines) is 1. The van der Waals surface area contributed by atoms with Crippen molar-refractivity contribution in [2.45, 2.75) is 19.4 Å². The van der Waals surface area contributed by atoms with Gasteiger partial charge in [0.05, 0.1) is 7.11 Å². The lowest BCUT2D eigenvalue weighted by Gasteiger charge is -2.21. The Morgan fingerprint density at radius 2 is 2.46 bits per heavy atom. The first kappa shape index (κ1) is 10.5. The van der Waals surface area contributed by atoms with E-state index in [-0.39, 0.29) is 18.6 Å². The van der Waals surface area contributed by atoms with E-state index >= 15 is 0 Å². The second-order valence-electron chi connectivity index (χ2n) is 3.53. The van der Waals surface area contributed by atoms with Crippen molar-refractivity contribution in [2.24, 2.45) is 5.92 Å². The average Bonchev–Trinajstić information content (AvgIpc) is 2.63. The van der Waals surface area contributed by atoms with Gasteiger partial charge in [0.1, 0.15) is 6.04 Å². The van der Waals surface area contributed by atoms with Gasteiger partial charge in [0.15, 0.2) is 0 Å². The number of nitrogens with zero attached hydrogens (tertiary/aromatic N) is 1. The fraction of sp³-hybridized carbons (Fsp3) is 0.889. The Morgan fingerprint density at radius 3 is 2.92 bits per heavy atom. The van der Waals surface area contributed by atoms with Crippen molar-refractivity contribution in [3.05, 3.63) is 0 Å². The van der Waals surface area contributed by atoms with Crippen LogP contribution in [-0.2, 0) is 9.53 Å². The monoisotopic (exact) mass is 187 g/mol. The molecule has 0 spiro atoms. The highest BCUT2D eigenvalue weighted by Gasteiger charge is 2.29. The van der Waals surface area contributed by atoms with Gasteiger partial charge >= 0.3 is 5.97 Å². The quantitative estimate of drug-likeness (QED) is 0.625. The standard InChI is InChI=1S/C9H17NO3/c1-7(9(12)13-2)10-4-3-8(5-10)6-11/h7-8,11H,3-6H2,1-2H3. The number of carbonyl (C=O) groups is 1. The molecule has 0 radical (unpaired) electrons. The highest BCUT2D eigenvalue weighted by atomic mass is 16.5. The molecule has 0 saturated carbocycles. The highest BCUT2D eigenvalue weighted by molar-refractivity contribution is 5.75. The topological polar surface area (TPSA) is 49.8 Å². The highest BCUT2D eigenvalue weighted by Crippen LogP contribution is 2.18. The minimum atomic E-state index is -0.196. The molecule has 1 aliphatic rings. The molecule has 2 atom stereocenters. The van der Waals surface area contributed by atoms with Crippen molar-refractivity contribution in [3.8, 4) is 0 Å². The van der Waals surface area contributed by atoms with Gasteiger partial charge in [0, 0.05) is 13.2 Å². The lowest BCUT2D eigenvalue weighted by molar-refractivity contribution is -0.145. The number of esters is 1. The number of hydrogen-bond donors (Lipinski definition) is 1. The van der Waals surface area contributed by atoms with Crippen LogP contribution in [-0.4, -0.2) is 48.8 Å². The molecule has 0 aromatic rings. The van der Waals surface area contributed by atoms with E-state index in [1.54, 1.807) is 0 Å². The molecule has 4 heteroatoms. The molecular weight excluding hydrogens is 170 g/mol. The summed E-state index contributed by atoms with van der Waals surface area (Å²) in [5.74, 6) is 0.130. The molecular formula is C9H17NO3. The van der Waals surface area contributed by atoms with Gasteiger partial charge in [-0.2, -0.15) is 0 Å². The Morgan fingerprint density at radius 1 is 1.77 bits per heavy atom. The van der Waals surface area contributed by atoms with Crippen LogP contribution in [0, 0.1) is 5.92 Å². The summed E-state index contributed by atoms with van der Waals surface area (Å²) in [6, 6.07) is -0.179. The summed E-state index contributed by atoms with van der Waals surface area (Å²) in [6.45, 7) is 3.73. The Labute approximate surface area is 78.5 Å². The van der Waals surface area contributed by atoms with Crippen LogP contribution in [0.5, 0.6) is 0 Å². The SMILES string of the molecule is COC(=O)C(C)N1CCC(CO)C1. The summed E-state index contributed by atoms with van der Waals surface area (Å²) in [4.78, 5) is 13.2. The summed E-state index contributed by atoms with van der Waals surface area (Å²) >= 11 is 0. The van der Waals surface area contributed by atoms with E-state index in [9.17, 15) is 4.79 Å². The van der Waals surface area contributed by atoms with Crippen molar-refractivity contribution in [3.63, 3.8) is 0 Å². The fourth-order valence-corrected chi connectivity index (χ4v) is 1.68. The number of rotatable bonds is 3. The third-order valence-corrected chi connectivity index (χ3v) is 2.67. The molecule has 0 aromatic heterocycles. The Kier molecular flexibility index (Phi) is 3.69. The maximum Gasteiger partial charge on any atom is 0.322 e. The smallest absolute Gasteiger partial charge is 0.322 e. The second kappa shape index (κ2) is 4.58. The van der Waals surface area contributed by atoms with Gasteiger partial charge in [0.2, 0.25) is 0 Å². The van der Waals surface area contributed by atoms with Crippen LogP contribution in [0.1, 0.15) is 13.3 Å². The average molecular weight is 187 g/mol. The third kappa shape index (κ3) is 2.42. The van der Waals surface area contributed by atoms with Crippen molar-refractivity contribution >= 4 is 5.97 Å². The second-order valence-corrected chi connectivity index (χ2v) is 3.53. The van der Waals surface area contributed by atoms with Gasteiger partial charge in [-0.25, -0.2) is 0 Å². The van der Waals surface area contributed by atoms with E-state index in [1.165, 1.54) is 7.11 Å².